The second-order valence-corrected chi connectivity index (χ2v) is 6.81. The van der Waals surface area contributed by atoms with Crippen LogP contribution in [0.25, 0.3) is 0 Å². The van der Waals surface area contributed by atoms with E-state index >= 15 is 0 Å². The smallest absolute Gasteiger partial charge is 0.206 e. The van der Waals surface area contributed by atoms with E-state index < -0.39 is 0 Å². The van der Waals surface area contributed by atoms with Gasteiger partial charge in [0.1, 0.15) is 12.6 Å². The highest BCUT2D eigenvalue weighted by molar-refractivity contribution is 8.01. The van der Waals surface area contributed by atoms with E-state index in [9.17, 15) is 5.11 Å². The summed E-state index contributed by atoms with van der Waals surface area (Å²) in [6, 6.07) is 0. The van der Waals surface area contributed by atoms with Gasteiger partial charge in [0.2, 0.25) is 5.13 Å². The lowest BCUT2D eigenvalue weighted by atomic mass is 10.3. The van der Waals surface area contributed by atoms with Crippen LogP contribution >= 0.6 is 23.1 Å². The van der Waals surface area contributed by atoms with E-state index in [2.05, 4.69) is 36.7 Å². The summed E-state index contributed by atoms with van der Waals surface area (Å²) in [5, 5.41) is 21.5. The van der Waals surface area contributed by atoms with Gasteiger partial charge in [-0.1, -0.05) is 23.1 Å². The first-order chi connectivity index (χ1) is 7.40. The van der Waals surface area contributed by atoms with Crippen LogP contribution in [0.5, 0.6) is 0 Å². The number of halogens is 1. The van der Waals surface area contributed by atoms with Gasteiger partial charge in [0.15, 0.2) is 4.34 Å². The fraction of sp³-hybridized carbons (Fsp3) is 0.778. The number of nitrogens with zero attached hydrogens (tertiary/aromatic N) is 3. The van der Waals surface area contributed by atoms with Crippen LogP contribution in [0.15, 0.2) is 4.34 Å². The van der Waals surface area contributed by atoms with Crippen molar-refractivity contribution >= 4 is 28.2 Å². The molecule has 5 nitrogen and oxygen atoms in total. The fourth-order valence-corrected chi connectivity index (χ4v) is 2.87. The molecule has 0 aliphatic rings. The number of rotatable bonds is 6. The summed E-state index contributed by atoms with van der Waals surface area (Å²) in [6.45, 7) is 0.741. The van der Waals surface area contributed by atoms with E-state index in [1.165, 1.54) is 11.3 Å². The van der Waals surface area contributed by atoms with Gasteiger partial charge in [-0.3, -0.25) is 0 Å². The van der Waals surface area contributed by atoms with Crippen LogP contribution < -0.4 is 17.7 Å². The minimum atomic E-state index is -0.313. The highest BCUT2D eigenvalue weighted by atomic mass is 35.5. The molecule has 0 spiro atoms. The monoisotopic (exact) mass is 298 g/mol. The third kappa shape index (κ3) is 7.05. The Kier molecular flexibility index (Phi) is 7.34. The molecule has 17 heavy (non-hydrogen) atoms. The molecular weight excluding hydrogens is 280 g/mol. The maximum absolute atomic E-state index is 9.81. The zero-order valence-electron chi connectivity index (χ0n) is 10.5. The summed E-state index contributed by atoms with van der Waals surface area (Å²) in [4.78, 5) is 0. The van der Waals surface area contributed by atoms with Crippen molar-refractivity contribution in [3.8, 4) is 0 Å². The first-order valence-corrected chi connectivity index (χ1v) is 6.83. The molecule has 0 aliphatic heterocycles. The van der Waals surface area contributed by atoms with Crippen molar-refractivity contribution in [2.45, 2.75) is 10.4 Å². The molecule has 0 bridgehead atoms. The minimum Gasteiger partial charge on any atom is -1.00 e. The van der Waals surface area contributed by atoms with Crippen molar-refractivity contribution in [2.24, 2.45) is 0 Å². The summed E-state index contributed by atoms with van der Waals surface area (Å²) in [6.07, 6.45) is -0.313. The number of aliphatic hydroxyl groups is 1. The maximum Gasteiger partial charge on any atom is 0.206 e. The summed E-state index contributed by atoms with van der Waals surface area (Å²) in [5.41, 5.74) is 0. The largest absolute Gasteiger partial charge is 1.00 e. The lowest BCUT2D eigenvalue weighted by molar-refractivity contribution is -0.873. The second-order valence-electron chi connectivity index (χ2n) is 4.56. The van der Waals surface area contributed by atoms with E-state index in [1.807, 2.05) is 7.05 Å². The Balaban J connectivity index is 0.00000256. The zero-order chi connectivity index (χ0) is 12.2. The van der Waals surface area contributed by atoms with Crippen LogP contribution in [-0.4, -0.2) is 66.4 Å². The Morgan fingerprint density at radius 3 is 2.53 bits per heavy atom. The molecule has 1 heterocycles. The van der Waals surface area contributed by atoms with E-state index in [0.717, 1.165) is 20.5 Å². The highest BCUT2D eigenvalue weighted by Crippen LogP contribution is 2.25. The van der Waals surface area contributed by atoms with Crippen molar-refractivity contribution < 1.29 is 22.0 Å². The number of likely N-dealkylation sites (N-methyl/N-ethyl adjacent to an activating group) is 1. The van der Waals surface area contributed by atoms with Crippen molar-refractivity contribution in [1.82, 2.24) is 10.2 Å². The molecule has 0 saturated heterocycles. The first kappa shape index (κ1) is 16.9. The van der Waals surface area contributed by atoms with E-state index in [1.54, 1.807) is 11.8 Å². The number of nitrogens with one attached hydrogen (secondary N) is 1. The van der Waals surface area contributed by atoms with Gasteiger partial charge in [-0.05, 0) is 0 Å². The molecule has 1 aromatic heterocycles. The van der Waals surface area contributed by atoms with Crippen LogP contribution in [0.1, 0.15) is 0 Å². The summed E-state index contributed by atoms with van der Waals surface area (Å²) in [5.74, 6) is 0.661. The quantitative estimate of drug-likeness (QED) is 0.459. The lowest BCUT2D eigenvalue weighted by Gasteiger charge is -2.26. The number of aromatic nitrogens is 2. The first-order valence-electron chi connectivity index (χ1n) is 5.03. The molecule has 1 rings (SSSR count). The van der Waals surface area contributed by atoms with E-state index in [4.69, 9.17) is 0 Å². The molecule has 0 amide bonds. The number of anilines is 1. The molecule has 1 unspecified atom stereocenters. The van der Waals surface area contributed by atoms with Gasteiger partial charge in [0.05, 0.1) is 21.1 Å². The Labute approximate surface area is 117 Å². The normalized spacial score (nSPS) is 13.0. The van der Waals surface area contributed by atoms with Gasteiger partial charge < -0.3 is 27.3 Å². The topological polar surface area (TPSA) is 58.0 Å². The molecule has 1 atom stereocenters. The van der Waals surface area contributed by atoms with Crippen molar-refractivity contribution in [3.05, 3.63) is 0 Å². The zero-order valence-corrected chi connectivity index (χ0v) is 12.9. The summed E-state index contributed by atoms with van der Waals surface area (Å²) >= 11 is 3.06. The summed E-state index contributed by atoms with van der Waals surface area (Å²) in [7, 11) is 8.02. The van der Waals surface area contributed by atoms with Crippen molar-refractivity contribution in [2.75, 3.05) is 45.8 Å². The van der Waals surface area contributed by atoms with Crippen LogP contribution in [0.4, 0.5) is 5.13 Å². The predicted octanol–water partition coefficient (Wildman–Crippen LogP) is -2.26. The van der Waals surface area contributed by atoms with Crippen LogP contribution in [0, 0.1) is 0 Å². The number of quaternary nitrogens is 1. The van der Waals surface area contributed by atoms with Gasteiger partial charge in [0.25, 0.3) is 0 Å². The third-order valence-corrected chi connectivity index (χ3v) is 4.00. The summed E-state index contributed by atoms with van der Waals surface area (Å²) < 4.78 is 1.66. The minimum absolute atomic E-state index is 0. The Hall–Kier alpha value is -0.0800. The molecular formula is C9H19ClN4OS2. The van der Waals surface area contributed by atoms with Crippen molar-refractivity contribution in [3.63, 3.8) is 0 Å². The fourth-order valence-electron chi connectivity index (χ4n) is 1.22. The van der Waals surface area contributed by atoms with Gasteiger partial charge in [-0.15, -0.1) is 10.2 Å². The highest BCUT2D eigenvalue weighted by Gasteiger charge is 2.16. The molecule has 0 saturated carbocycles. The molecule has 8 heteroatoms. The average molecular weight is 299 g/mol. The van der Waals surface area contributed by atoms with Crippen LogP contribution in [0.2, 0.25) is 0 Å². The van der Waals surface area contributed by atoms with E-state index in [0.29, 0.717) is 5.75 Å². The molecule has 0 aliphatic carbocycles. The number of hydrogen-bond donors (Lipinski definition) is 2. The van der Waals surface area contributed by atoms with Gasteiger partial charge in [0, 0.05) is 12.8 Å². The van der Waals surface area contributed by atoms with E-state index in [-0.39, 0.29) is 18.5 Å². The predicted molar refractivity (Wildman–Crippen MR) is 69.1 cm³/mol. The Morgan fingerprint density at radius 1 is 1.41 bits per heavy atom. The standard InChI is InChI=1S/C9H19N4OS2.ClH/c1-10-8-11-12-9(16-8)15-6-7(14)5-13(2,3)4;/h7,14H,5-6H2,1-4H3,(H,10,11);1H/q+1;/p-1. The molecule has 0 fully saturated rings. The van der Waals surface area contributed by atoms with Gasteiger partial charge >= 0.3 is 0 Å². The van der Waals surface area contributed by atoms with Gasteiger partial charge in [-0.2, -0.15) is 0 Å². The SMILES string of the molecule is CNc1nnc(SCC(O)C[N+](C)(C)C)s1.[Cl-]. The maximum atomic E-state index is 9.81. The Morgan fingerprint density at radius 2 is 2.06 bits per heavy atom. The second kappa shape index (κ2) is 7.38. The lowest BCUT2D eigenvalue weighted by Crippen LogP contribution is -3.00. The number of thioether (sulfide) groups is 1. The number of aliphatic hydroxyl groups excluding tert-OH is 1. The molecule has 0 radical (unpaired) electrons. The molecule has 100 valence electrons. The van der Waals surface area contributed by atoms with Gasteiger partial charge in [-0.25, -0.2) is 0 Å². The van der Waals surface area contributed by atoms with Crippen LogP contribution in [-0.2, 0) is 0 Å². The molecule has 1 aromatic rings. The van der Waals surface area contributed by atoms with Crippen LogP contribution in [0.3, 0.4) is 0 Å². The third-order valence-electron chi connectivity index (χ3n) is 1.78. The Bertz CT molecular complexity index is 329. The van der Waals surface area contributed by atoms with Crippen molar-refractivity contribution in [1.29, 1.82) is 0 Å². The molecule has 2 N–H and O–H groups in total. The average Bonchev–Trinajstić information content (AvgIpc) is 2.59. The molecule has 0 aromatic carbocycles. The number of hydrogen-bond acceptors (Lipinski definition) is 6.